The molecule has 120 valence electrons. The smallest absolute Gasteiger partial charge is 0.257 e. The van der Waals surface area contributed by atoms with Crippen LogP contribution in [0.15, 0.2) is 76.2 Å². The number of hydrogen-bond acceptors (Lipinski definition) is 3. The van der Waals surface area contributed by atoms with Gasteiger partial charge < -0.3 is 4.98 Å². The molecule has 0 aliphatic rings. The summed E-state index contributed by atoms with van der Waals surface area (Å²) in [7, 11) is 0. The number of nitrogens with zero attached hydrogens (tertiary/aromatic N) is 2. The van der Waals surface area contributed by atoms with Crippen LogP contribution in [0.4, 0.5) is 0 Å². The van der Waals surface area contributed by atoms with E-state index >= 15 is 0 Å². The fourth-order valence-electron chi connectivity index (χ4n) is 3.12. The summed E-state index contributed by atoms with van der Waals surface area (Å²) < 4.78 is 1.63. The summed E-state index contributed by atoms with van der Waals surface area (Å²) in [5.74, 6) is 0.542. The molecule has 0 aliphatic carbocycles. The Morgan fingerprint density at radius 1 is 0.960 bits per heavy atom. The fourth-order valence-corrected chi connectivity index (χ4v) is 3.78. The number of para-hydroxylation sites is 2. The Hall–Kier alpha value is -3.18. The van der Waals surface area contributed by atoms with Crippen molar-refractivity contribution in [1.29, 1.82) is 0 Å². The SMILES string of the molecule is O=c1ccc2cc(-c3ccsc3)ccc2n1-c1nc2ccccc2[nH]1. The Morgan fingerprint density at radius 2 is 1.88 bits per heavy atom. The zero-order chi connectivity index (χ0) is 16.8. The highest BCUT2D eigenvalue weighted by Crippen LogP contribution is 2.26. The molecule has 0 radical (unpaired) electrons. The Kier molecular flexibility index (Phi) is 3.08. The number of aromatic nitrogens is 3. The molecule has 5 aromatic rings. The van der Waals surface area contributed by atoms with Crippen molar-refractivity contribution in [3.63, 3.8) is 0 Å². The van der Waals surface area contributed by atoms with Crippen LogP contribution in [0.5, 0.6) is 0 Å². The maximum absolute atomic E-state index is 12.5. The lowest BCUT2D eigenvalue weighted by atomic mass is 10.1. The van der Waals surface area contributed by atoms with Gasteiger partial charge >= 0.3 is 0 Å². The largest absolute Gasteiger partial charge is 0.323 e. The molecule has 0 bridgehead atoms. The number of fused-ring (bicyclic) bond motifs is 2. The molecular formula is C20H13N3OS. The molecule has 0 unspecified atom stereocenters. The lowest BCUT2D eigenvalue weighted by molar-refractivity contribution is 0.960. The van der Waals surface area contributed by atoms with E-state index in [-0.39, 0.29) is 5.56 Å². The predicted octanol–water partition coefficient (Wildman–Crippen LogP) is 4.60. The number of nitrogens with one attached hydrogen (secondary N) is 1. The van der Waals surface area contributed by atoms with Gasteiger partial charge in [0.05, 0.1) is 16.6 Å². The van der Waals surface area contributed by atoms with Gasteiger partial charge in [-0.15, -0.1) is 0 Å². The molecule has 25 heavy (non-hydrogen) atoms. The molecule has 4 nitrogen and oxygen atoms in total. The van der Waals surface area contributed by atoms with Crippen LogP contribution in [-0.4, -0.2) is 14.5 Å². The minimum absolute atomic E-state index is 0.102. The Morgan fingerprint density at radius 3 is 2.72 bits per heavy atom. The van der Waals surface area contributed by atoms with E-state index in [0.717, 1.165) is 27.5 Å². The van der Waals surface area contributed by atoms with E-state index in [1.165, 1.54) is 5.56 Å². The third kappa shape index (κ3) is 2.28. The van der Waals surface area contributed by atoms with Crippen molar-refractivity contribution in [2.24, 2.45) is 0 Å². The van der Waals surface area contributed by atoms with Gasteiger partial charge in [0, 0.05) is 6.07 Å². The van der Waals surface area contributed by atoms with Gasteiger partial charge in [-0.1, -0.05) is 18.2 Å². The van der Waals surface area contributed by atoms with Gasteiger partial charge in [0.2, 0.25) is 5.95 Å². The summed E-state index contributed by atoms with van der Waals surface area (Å²) >= 11 is 1.67. The minimum Gasteiger partial charge on any atom is -0.323 e. The number of rotatable bonds is 2. The number of benzene rings is 2. The zero-order valence-electron chi connectivity index (χ0n) is 13.1. The van der Waals surface area contributed by atoms with E-state index in [0.29, 0.717) is 5.95 Å². The highest BCUT2D eigenvalue weighted by molar-refractivity contribution is 7.08. The van der Waals surface area contributed by atoms with Crippen LogP contribution in [0.2, 0.25) is 0 Å². The van der Waals surface area contributed by atoms with Crippen molar-refractivity contribution in [1.82, 2.24) is 14.5 Å². The number of aromatic amines is 1. The molecule has 1 N–H and O–H groups in total. The third-order valence-corrected chi connectivity index (χ3v) is 5.02. The zero-order valence-corrected chi connectivity index (χ0v) is 14.0. The molecule has 3 heterocycles. The number of thiophene rings is 1. The van der Waals surface area contributed by atoms with Crippen LogP contribution in [0.1, 0.15) is 0 Å². The Bertz CT molecular complexity index is 1230. The van der Waals surface area contributed by atoms with E-state index in [2.05, 4.69) is 32.9 Å². The maximum Gasteiger partial charge on any atom is 0.257 e. The number of pyridine rings is 1. The summed E-state index contributed by atoms with van der Waals surface area (Å²) in [5, 5.41) is 5.19. The van der Waals surface area contributed by atoms with Crippen molar-refractivity contribution in [3.05, 3.63) is 81.8 Å². The van der Waals surface area contributed by atoms with Crippen LogP contribution in [0, 0.1) is 0 Å². The molecule has 3 aromatic heterocycles. The van der Waals surface area contributed by atoms with Crippen LogP contribution in [0.3, 0.4) is 0 Å². The highest BCUT2D eigenvalue weighted by atomic mass is 32.1. The molecule has 2 aromatic carbocycles. The van der Waals surface area contributed by atoms with Crippen molar-refractivity contribution in [2.45, 2.75) is 0 Å². The number of hydrogen-bond donors (Lipinski definition) is 1. The standard InChI is InChI=1S/C20H13N3OS/c24-19-8-6-14-11-13(15-9-10-25-12-15)5-7-18(14)23(19)20-21-16-3-1-2-4-17(16)22-20/h1-12H,(H,21,22). The average Bonchev–Trinajstić information content (AvgIpc) is 3.30. The minimum atomic E-state index is -0.102. The van der Waals surface area contributed by atoms with E-state index < -0.39 is 0 Å². The molecule has 0 atom stereocenters. The van der Waals surface area contributed by atoms with Gasteiger partial charge in [-0.25, -0.2) is 9.55 Å². The van der Waals surface area contributed by atoms with Crippen LogP contribution < -0.4 is 5.56 Å². The fraction of sp³-hybridized carbons (Fsp3) is 0. The monoisotopic (exact) mass is 343 g/mol. The molecule has 5 heteroatoms. The van der Waals surface area contributed by atoms with Gasteiger partial charge in [-0.3, -0.25) is 4.79 Å². The molecule has 0 saturated carbocycles. The average molecular weight is 343 g/mol. The van der Waals surface area contributed by atoms with E-state index in [4.69, 9.17) is 0 Å². The van der Waals surface area contributed by atoms with Gasteiger partial charge in [0.15, 0.2) is 0 Å². The molecule has 0 aliphatic heterocycles. The van der Waals surface area contributed by atoms with Crippen molar-refractivity contribution < 1.29 is 0 Å². The summed E-state index contributed by atoms with van der Waals surface area (Å²) in [6, 6.07) is 19.5. The third-order valence-electron chi connectivity index (χ3n) is 4.34. The first-order valence-electron chi connectivity index (χ1n) is 7.93. The number of H-pyrrole nitrogens is 1. The second-order valence-electron chi connectivity index (χ2n) is 5.87. The molecular weight excluding hydrogens is 330 g/mol. The van der Waals surface area contributed by atoms with Crippen LogP contribution in [0.25, 0.3) is 39.0 Å². The normalized spacial score (nSPS) is 11.4. The lowest BCUT2D eigenvalue weighted by Crippen LogP contribution is -2.18. The van der Waals surface area contributed by atoms with Crippen molar-refractivity contribution in [3.8, 4) is 17.1 Å². The lowest BCUT2D eigenvalue weighted by Gasteiger charge is -2.08. The van der Waals surface area contributed by atoms with Gasteiger partial charge in [-0.05, 0) is 63.7 Å². The summed E-state index contributed by atoms with van der Waals surface area (Å²) in [5.41, 5.74) is 4.82. The molecule has 5 rings (SSSR count). The molecule has 0 amide bonds. The first-order chi connectivity index (χ1) is 12.3. The van der Waals surface area contributed by atoms with E-state index in [1.54, 1.807) is 22.0 Å². The Labute approximate surface area is 147 Å². The quantitative estimate of drug-likeness (QED) is 0.509. The van der Waals surface area contributed by atoms with Crippen LogP contribution >= 0.6 is 11.3 Å². The number of imidazole rings is 1. The van der Waals surface area contributed by atoms with E-state index in [1.807, 2.05) is 42.5 Å². The first-order valence-corrected chi connectivity index (χ1v) is 8.87. The summed E-state index contributed by atoms with van der Waals surface area (Å²) in [6.07, 6.45) is 0. The maximum atomic E-state index is 12.5. The second-order valence-corrected chi connectivity index (χ2v) is 6.65. The van der Waals surface area contributed by atoms with Gasteiger partial charge in [0.1, 0.15) is 0 Å². The topological polar surface area (TPSA) is 50.7 Å². The van der Waals surface area contributed by atoms with E-state index in [9.17, 15) is 4.79 Å². The summed E-state index contributed by atoms with van der Waals surface area (Å²) in [4.78, 5) is 20.3. The van der Waals surface area contributed by atoms with Gasteiger partial charge in [0.25, 0.3) is 5.56 Å². The first kappa shape index (κ1) is 14.2. The molecule has 0 fully saturated rings. The summed E-state index contributed by atoms with van der Waals surface area (Å²) in [6.45, 7) is 0. The Balaban J connectivity index is 1.77. The highest BCUT2D eigenvalue weighted by Gasteiger charge is 2.11. The van der Waals surface area contributed by atoms with Crippen molar-refractivity contribution in [2.75, 3.05) is 0 Å². The molecule has 0 saturated heterocycles. The van der Waals surface area contributed by atoms with Crippen LogP contribution in [-0.2, 0) is 0 Å². The predicted molar refractivity (Wildman–Crippen MR) is 103 cm³/mol. The second kappa shape index (κ2) is 5.43. The van der Waals surface area contributed by atoms with Crippen molar-refractivity contribution >= 4 is 33.3 Å². The van der Waals surface area contributed by atoms with Gasteiger partial charge in [-0.2, -0.15) is 11.3 Å². The molecule has 0 spiro atoms.